The van der Waals surface area contributed by atoms with Gasteiger partial charge in [0.15, 0.2) is 5.78 Å². The van der Waals surface area contributed by atoms with E-state index in [9.17, 15) is 9.18 Å². The number of benzene rings is 2. The summed E-state index contributed by atoms with van der Waals surface area (Å²) in [6.07, 6.45) is -0.00193. The van der Waals surface area contributed by atoms with E-state index >= 15 is 0 Å². The molecule has 0 atom stereocenters. The summed E-state index contributed by atoms with van der Waals surface area (Å²) in [4.78, 5) is 12.2. The fraction of sp³-hybridized carbons (Fsp3) is 0.0714. The third kappa shape index (κ3) is 3.65. The van der Waals surface area contributed by atoms with E-state index < -0.39 is 5.82 Å². The van der Waals surface area contributed by atoms with Crippen LogP contribution < -0.4 is 0 Å². The fourth-order valence-corrected chi connectivity index (χ4v) is 2.62. The Kier molecular flexibility index (Phi) is 4.76. The first-order valence-electron chi connectivity index (χ1n) is 5.39. The van der Waals surface area contributed by atoms with E-state index in [1.165, 1.54) is 6.07 Å². The lowest BCUT2D eigenvalue weighted by Crippen LogP contribution is -2.06. The molecule has 0 heterocycles. The monoisotopic (exact) mass is 404 g/mol. The second-order valence-corrected chi connectivity index (χ2v) is 6.17. The minimum Gasteiger partial charge on any atom is -0.294 e. The third-order valence-corrected chi connectivity index (χ3v) is 4.01. The summed E-state index contributed by atoms with van der Waals surface area (Å²) < 4.78 is 15.0. The van der Waals surface area contributed by atoms with E-state index in [0.29, 0.717) is 25.1 Å². The van der Waals surface area contributed by atoms with Crippen LogP contribution in [0.1, 0.15) is 15.9 Å². The SMILES string of the molecule is O=C(Cc1ccc(Br)cc1F)c1cc(Cl)ccc1Br. The minimum absolute atomic E-state index is 0.00193. The van der Waals surface area contributed by atoms with Crippen molar-refractivity contribution in [3.05, 3.63) is 67.3 Å². The molecule has 2 rings (SSSR count). The first-order valence-corrected chi connectivity index (χ1v) is 7.36. The molecule has 2 aromatic carbocycles. The van der Waals surface area contributed by atoms with Gasteiger partial charge in [-0.25, -0.2) is 4.39 Å². The number of halogens is 4. The quantitative estimate of drug-likeness (QED) is 0.621. The van der Waals surface area contributed by atoms with Crippen LogP contribution in [0.2, 0.25) is 5.02 Å². The molecule has 2 aromatic rings. The van der Waals surface area contributed by atoms with E-state index in [1.807, 2.05) is 0 Å². The maximum absolute atomic E-state index is 13.7. The molecule has 0 N–H and O–H groups in total. The van der Waals surface area contributed by atoms with E-state index in [-0.39, 0.29) is 12.2 Å². The number of ketones is 1. The maximum atomic E-state index is 13.7. The summed E-state index contributed by atoms with van der Waals surface area (Å²) in [7, 11) is 0. The molecule has 0 aromatic heterocycles. The Morgan fingerprint density at radius 2 is 1.89 bits per heavy atom. The Bertz CT molecular complexity index is 643. The van der Waals surface area contributed by atoms with Crippen molar-refractivity contribution in [3.8, 4) is 0 Å². The lowest BCUT2D eigenvalue weighted by Gasteiger charge is -2.06. The van der Waals surface area contributed by atoms with Gasteiger partial charge in [-0.05, 0) is 35.9 Å². The molecule has 98 valence electrons. The van der Waals surface area contributed by atoms with Gasteiger partial charge in [0.2, 0.25) is 0 Å². The molecule has 0 saturated heterocycles. The van der Waals surface area contributed by atoms with Gasteiger partial charge in [0.1, 0.15) is 5.82 Å². The van der Waals surface area contributed by atoms with Crippen molar-refractivity contribution in [1.29, 1.82) is 0 Å². The van der Waals surface area contributed by atoms with Gasteiger partial charge >= 0.3 is 0 Å². The Labute approximate surface area is 132 Å². The molecule has 0 radical (unpaired) electrons. The summed E-state index contributed by atoms with van der Waals surface area (Å²) in [5.41, 5.74) is 0.815. The van der Waals surface area contributed by atoms with Crippen LogP contribution in [0.4, 0.5) is 4.39 Å². The maximum Gasteiger partial charge on any atom is 0.168 e. The molecule has 0 bridgehead atoms. The molecule has 19 heavy (non-hydrogen) atoms. The number of carbonyl (C=O) groups is 1. The van der Waals surface area contributed by atoms with Gasteiger partial charge in [0.25, 0.3) is 0 Å². The first kappa shape index (κ1) is 14.7. The van der Waals surface area contributed by atoms with Crippen molar-refractivity contribution in [2.75, 3.05) is 0 Å². The zero-order valence-electron chi connectivity index (χ0n) is 9.59. The van der Waals surface area contributed by atoms with Crippen LogP contribution in [0, 0.1) is 5.82 Å². The van der Waals surface area contributed by atoms with E-state index in [1.54, 1.807) is 30.3 Å². The number of hydrogen-bond donors (Lipinski definition) is 0. The van der Waals surface area contributed by atoms with Gasteiger partial charge < -0.3 is 0 Å². The van der Waals surface area contributed by atoms with Crippen LogP contribution in [-0.4, -0.2) is 5.78 Å². The molecular formula is C14H8Br2ClFO. The fourth-order valence-electron chi connectivity index (χ4n) is 1.64. The van der Waals surface area contributed by atoms with Crippen molar-refractivity contribution in [3.63, 3.8) is 0 Å². The molecule has 0 fully saturated rings. The summed E-state index contributed by atoms with van der Waals surface area (Å²) in [6, 6.07) is 9.60. The highest BCUT2D eigenvalue weighted by Crippen LogP contribution is 2.24. The zero-order chi connectivity index (χ0) is 14.0. The second kappa shape index (κ2) is 6.16. The Morgan fingerprint density at radius 1 is 1.16 bits per heavy atom. The van der Waals surface area contributed by atoms with Gasteiger partial charge in [-0.1, -0.05) is 49.5 Å². The molecule has 0 unspecified atom stereocenters. The normalized spacial score (nSPS) is 10.5. The highest BCUT2D eigenvalue weighted by molar-refractivity contribution is 9.10. The van der Waals surface area contributed by atoms with Crippen LogP contribution in [0.25, 0.3) is 0 Å². The van der Waals surface area contributed by atoms with Crippen molar-refractivity contribution >= 4 is 49.2 Å². The average Bonchev–Trinajstić information content (AvgIpc) is 2.35. The molecule has 5 heteroatoms. The van der Waals surface area contributed by atoms with E-state index in [2.05, 4.69) is 31.9 Å². The first-order chi connectivity index (χ1) is 8.97. The van der Waals surface area contributed by atoms with E-state index in [0.717, 1.165) is 0 Å². The summed E-state index contributed by atoms with van der Waals surface area (Å²) in [6.45, 7) is 0. The van der Waals surface area contributed by atoms with Crippen LogP contribution >= 0.6 is 43.5 Å². The summed E-state index contributed by atoms with van der Waals surface area (Å²) in [5.74, 6) is -0.587. The molecule has 0 amide bonds. The lowest BCUT2D eigenvalue weighted by atomic mass is 10.0. The predicted octanol–water partition coefficient (Wildman–Crippen LogP) is 5.43. The second-order valence-electron chi connectivity index (χ2n) is 3.96. The summed E-state index contributed by atoms with van der Waals surface area (Å²) in [5, 5.41) is 0.475. The van der Waals surface area contributed by atoms with Gasteiger partial charge in [0, 0.05) is 26.0 Å². The molecule has 0 spiro atoms. The van der Waals surface area contributed by atoms with Crippen LogP contribution in [0.15, 0.2) is 45.3 Å². The smallest absolute Gasteiger partial charge is 0.168 e. The molecule has 0 aliphatic rings. The van der Waals surface area contributed by atoms with Gasteiger partial charge in [-0.15, -0.1) is 0 Å². The molecule has 0 aliphatic heterocycles. The van der Waals surface area contributed by atoms with Crippen molar-refractivity contribution in [2.45, 2.75) is 6.42 Å². The average molecular weight is 406 g/mol. The van der Waals surface area contributed by atoms with Crippen LogP contribution in [0.3, 0.4) is 0 Å². The molecular weight excluding hydrogens is 398 g/mol. The van der Waals surface area contributed by atoms with Crippen LogP contribution in [-0.2, 0) is 6.42 Å². The number of carbonyl (C=O) groups excluding carboxylic acids is 1. The number of rotatable bonds is 3. The standard InChI is InChI=1S/C14H8Br2ClFO/c15-9-2-1-8(13(18)6-9)5-14(19)11-7-10(17)3-4-12(11)16/h1-4,6-7H,5H2. The zero-order valence-corrected chi connectivity index (χ0v) is 13.5. The minimum atomic E-state index is -0.402. The largest absolute Gasteiger partial charge is 0.294 e. The Hall–Kier alpha value is -0.710. The van der Waals surface area contributed by atoms with Crippen molar-refractivity contribution in [1.82, 2.24) is 0 Å². The number of hydrogen-bond acceptors (Lipinski definition) is 1. The van der Waals surface area contributed by atoms with Gasteiger partial charge in [-0.3, -0.25) is 4.79 Å². The predicted molar refractivity (Wildman–Crippen MR) is 81.3 cm³/mol. The summed E-state index contributed by atoms with van der Waals surface area (Å²) >= 11 is 12.3. The molecule has 0 aliphatic carbocycles. The van der Waals surface area contributed by atoms with Gasteiger partial charge in [0.05, 0.1) is 0 Å². The van der Waals surface area contributed by atoms with E-state index in [4.69, 9.17) is 11.6 Å². The van der Waals surface area contributed by atoms with Crippen LogP contribution in [0.5, 0.6) is 0 Å². The number of Topliss-reactive ketones (excluding diaryl/α,β-unsaturated/α-hetero) is 1. The topological polar surface area (TPSA) is 17.1 Å². The van der Waals surface area contributed by atoms with Crippen molar-refractivity contribution in [2.24, 2.45) is 0 Å². The molecule has 1 nitrogen and oxygen atoms in total. The lowest BCUT2D eigenvalue weighted by molar-refractivity contribution is 0.0991. The van der Waals surface area contributed by atoms with Crippen molar-refractivity contribution < 1.29 is 9.18 Å². The van der Waals surface area contributed by atoms with Gasteiger partial charge in [-0.2, -0.15) is 0 Å². The third-order valence-electron chi connectivity index (χ3n) is 2.59. The molecule has 0 saturated carbocycles. The highest BCUT2D eigenvalue weighted by atomic mass is 79.9. The highest BCUT2D eigenvalue weighted by Gasteiger charge is 2.14. The Morgan fingerprint density at radius 3 is 2.58 bits per heavy atom. The Balaban J connectivity index is 2.28.